The van der Waals surface area contributed by atoms with E-state index in [0.29, 0.717) is 6.61 Å². The third-order valence-corrected chi connectivity index (χ3v) is 7.35. The number of hydrogen-bond acceptors (Lipinski definition) is 3. The molecule has 0 saturated heterocycles. The monoisotopic (exact) mass is 478 g/mol. The minimum Gasteiger partial charge on any atom is -0.494 e. The molecule has 4 aromatic carbocycles. The number of aryl methyl sites for hydroxylation is 2. The van der Waals surface area contributed by atoms with Crippen molar-refractivity contribution in [2.75, 3.05) is 6.61 Å². The zero-order valence-corrected chi connectivity index (χ0v) is 20.8. The van der Waals surface area contributed by atoms with Gasteiger partial charge in [-0.25, -0.2) is 4.98 Å². The van der Waals surface area contributed by atoms with Crippen LogP contribution in [0.5, 0.6) is 5.75 Å². The van der Waals surface area contributed by atoms with Gasteiger partial charge in [-0.3, -0.25) is 0 Å². The number of nitrogens with zero attached hydrogens (tertiary/aromatic N) is 2. The second kappa shape index (κ2) is 11.3. The third kappa shape index (κ3) is 5.77. The molecule has 0 spiro atoms. The number of thioether (sulfide) groups is 1. The van der Waals surface area contributed by atoms with Crippen LogP contribution in [0.25, 0.3) is 11.0 Å². The molecule has 5 rings (SSSR count). The lowest BCUT2D eigenvalue weighted by atomic mass is 10.1. The number of para-hydroxylation sites is 2. The Morgan fingerprint density at radius 1 is 0.771 bits per heavy atom. The van der Waals surface area contributed by atoms with Gasteiger partial charge in [0, 0.05) is 11.4 Å². The first-order chi connectivity index (χ1) is 17.3. The van der Waals surface area contributed by atoms with E-state index in [1.165, 1.54) is 21.5 Å². The van der Waals surface area contributed by atoms with E-state index in [9.17, 15) is 0 Å². The highest BCUT2D eigenvalue weighted by Gasteiger charge is 2.23. The van der Waals surface area contributed by atoms with E-state index in [1.54, 1.807) is 0 Å². The number of hydrogen-bond donors (Lipinski definition) is 0. The summed E-state index contributed by atoms with van der Waals surface area (Å²) in [4.78, 5) is 6.39. The van der Waals surface area contributed by atoms with Crippen molar-refractivity contribution in [2.45, 2.75) is 36.5 Å². The molecule has 0 aliphatic heterocycles. The van der Waals surface area contributed by atoms with Crippen LogP contribution in [0.2, 0.25) is 0 Å². The van der Waals surface area contributed by atoms with Gasteiger partial charge in [-0.15, -0.1) is 11.8 Å². The third-order valence-electron chi connectivity index (χ3n) is 6.08. The van der Waals surface area contributed by atoms with Crippen LogP contribution in [-0.4, -0.2) is 16.2 Å². The summed E-state index contributed by atoms with van der Waals surface area (Å²) in [5, 5.41) is 0.106. The lowest BCUT2D eigenvalue weighted by Crippen LogP contribution is -2.10. The summed E-state index contributed by atoms with van der Waals surface area (Å²) < 4.78 is 8.38. The Balaban J connectivity index is 1.38. The van der Waals surface area contributed by atoms with Gasteiger partial charge in [0.25, 0.3) is 0 Å². The molecular weight excluding hydrogens is 448 g/mol. The van der Waals surface area contributed by atoms with Gasteiger partial charge in [0.05, 0.1) is 22.9 Å². The van der Waals surface area contributed by atoms with Crippen LogP contribution in [0.3, 0.4) is 0 Å². The minimum atomic E-state index is 0.106. The Bertz CT molecular complexity index is 1350. The molecule has 3 nitrogen and oxygen atoms in total. The van der Waals surface area contributed by atoms with Crippen LogP contribution in [0.4, 0.5) is 0 Å². The molecule has 1 aromatic heterocycles. The Labute approximate surface area is 211 Å². The molecule has 0 saturated carbocycles. The fourth-order valence-electron chi connectivity index (χ4n) is 4.26. The Morgan fingerprint density at radius 2 is 1.46 bits per heavy atom. The van der Waals surface area contributed by atoms with Gasteiger partial charge in [-0.1, -0.05) is 78.4 Å². The molecule has 0 bridgehead atoms. The Kier molecular flexibility index (Phi) is 7.50. The van der Waals surface area contributed by atoms with Gasteiger partial charge < -0.3 is 9.30 Å². The van der Waals surface area contributed by atoms with Gasteiger partial charge in [-0.2, -0.15) is 0 Å². The van der Waals surface area contributed by atoms with Crippen molar-refractivity contribution >= 4 is 22.8 Å². The number of fused-ring (bicyclic) bond motifs is 1. The molecule has 4 heteroatoms. The van der Waals surface area contributed by atoms with Crippen LogP contribution in [0.1, 0.15) is 35.0 Å². The highest BCUT2D eigenvalue weighted by Crippen LogP contribution is 2.41. The summed E-state index contributed by atoms with van der Waals surface area (Å²) in [5.41, 5.74) is 4.75. The molecule has 5 aromatic rings. The smallest absolute Gasteiger partial charge is 0.127 e. The lowest BCUT2D eigenvalue weighted by molar-refractivity contribution is 0.303. The molecule has 35 heavy (non-hydrogen) atoms. The molecule has 0 amide bonds. The van der Waals surface area contributed by atoms with E-state index in [-0.39, 0.29) is 5.25 Å². The van der Waals surface area contributed by atoms with Gasteiger partial charge in [0.2, 0.25) is 0 Å². The molecule has 0 fully saturated rings. The Hall–Kier alpha value is -3.50. The first kappa shape index (κ1) is 23.3. The average molecular weight is 479 g/mol. The van der Waals surface area contributed by atoms with Crippen molar-refractivity contribution in [3.8, 4) is 5.75 Å². The van der Waals surface area contributed by atoms with Crippen molar-refractivity contribution in [1.82, 2.24) is 9.55 Å². The van der Waals surface area contributed by atoms with Gasteiger partial charge >= 0.3 is 0 Å². The van der Waals surface area contributed by atoms with E-state index in [2.05, 4.69) is 109 Å². The number of unbranched alkanes of at least 4 members (excludes halogenated alkanes) is 1. The maximum absolute atomic E-state index is 5.96. The molecule has 176 valence electrons. The van der Waals surface area contributed by atoms with Crippen LogP contribution < -0.4 is 4.74 Å². The van der Waals surface area contributed by atoms with E-state index < -0.39 is 0 Å². The van der Waals surface area contributed by atoms with Crippen molar-refractivity contribution in [3.63, 3.8) is 0 Å². The highest BCUT2D eigenvalue weighted by atomic mass is 32.2. The van der Waals surface area contributed by atoms with Crippen LogP contribution >= 0.6 is 11.8 Å². The number of imidazole rings is 1. The average Bonchev–Trinajstić information content (AvgIpc) is 3.27. The first-order valence-electron chi connectivity index (χ1n) is 12.2. The maximum atomic E-state index is 5.96. The summed E-state index contributed by atoms with van der Waals surface area (Å²) in [5.74, 6) is 2.04. The van der Waals surface area contributed by atoms with Gasteiger partial charge in [0.15, 0.2) is 0 Å². The lowest BCUT2D eigenvalue weighted by Gasteiger charge is -2.19. The van der Waals surface area contributed by atoms with E-state index in [0.717, 1.165) is 36.5 Å². The van der Waals surface area contributed by atoms with E-state index in [1.807, 2.05) is 23.9 Å². The maximum Gasteiger partial charge on any atom is 0.127 e. The zero-order valence-electron chi connectivity index (χ0n) is 20.0. The largest absolute Gasteiger partial charge is 0.494 e. The summed E-state index contributed by atoms with van der Waals surface area (Å²) in [7, 11) is 0. The van der Waals surface area contributed by atoms with E-state index >= 15 is 0 Å². The number of aromatic nitrogens is 2. The highest BCUT2D eigenvalue weighted by molar-refractivity contribution is 7.99. The molecule has 1 unspecified atom stereocenters. The second-order valence-electron chi connectivity index (χ2n) is 8.70. The van der Waals surface area contributed by atoms with Crippen molar-refractivity contribution in [3.05, 3.63) is 126 Å². The summed E-state index contributed by atoms with van der Waals surface area (Å²) in [6.45, 7) is 3.72. The van der Waals surface area contributed by atoms with Gasteiger partial charge in [0.1, 0.15) is 11.6 Å². The molecule has 0 N–H and O–H groups in total. The topological polar surface area (TPSA) is 27.1 Å². The predicted molar refractivity (Wildman–Crippen MR) is 146 cm³/mol. The molecule has 0 aliphatic rings. The summed E-state index contributed by atoms with van der Waals surface area (Å²) >= 11 is 1.86. The van der Waals surface area contributed by atoms with Crippen molar-refractivity contribution in [2.24, 2.45) is 0 Å². The molecule has 0 radical (unpaired) electrons. The predicted octanol–water partition coefficient (Wildman–Crippen LogP) is 8.09. The zero-order chi connectivity index (χ0) is 23.9. The normalized spacial score (nSPS) is 12.0. The quantitative estimate of drug-likeness (QED) is 0.150. The first-order valence-corrected chi connectivity index (χ1v) is 13.1. The van der Waals surface area contributed by atoms with Crippen molar-refractivity contribution in [1.29, 1.82) is 0 Å². The molecule has 0 aliphatic carbocycles. The standard InChI is InChI=1S/C31H30N2OS/c1-24-18-20-26(21-19-24)34-23-11-10-22-33-29-17-9-8-16-28(29)32-31(33)30(25-12-4-2-5-13-25)35-27-14-6-3-7-15-27/h2-9,12-21,30H,10-11,22-23H2,1H3. The van der Waals surface area contributed by atoms with Gasteiger partial charge in [-0.05, 0) is 61.7 Å². The molecule has 1 atom stereocenters. The molecular formula is C31H30N2OS. The van der Waals surface area contributed by atoms with Crippen LogP contribution in [0.15, 0.2) is 114 Å². The summed E-state index contributed by atoms with van der Waals surface area (Å²) in [6, 6.07) is 38.1. The fourth-order valence-corrected chi connectivity index (χ4v) is 5.42. The van der Waals surface area contributed by atoms with Crippen LogP contribution in [0, 0.1) is 6.92 Å². The van der Waals surface area contributed by atoms with Crippen molar-refractivity contribution < 1.29 is 4.74 Å². The number of benzene rings is 4. The number of ether oxygens (including phenoxy) is 1. The van der Waals surface area contributed by atoms with E-state index in [4.69, 9.17) is 9.72 Å². The Morgan fingerprint density at radius 3 is 2.23 bits per heavy atom. The SMILES string of the molecule is Cc1ccc(OCCCCn2c(C(Sc3ccccc3)c3ccccc3)nc3ccccc32)cc1. The minimum absolute atomic E-state index is 0.106. The van der Waals surface area contributed by atoms with Crippen LogP contribution in [-0.2, 0) is 6.54 Å². The number of rotatable bonds is 10. The fraction of sp³-hybridized carbons (Fsp3) is 0.194. The summed E-state index contributed by atoms with van der Waals surface area (Å²) in [6.07, 6.45) is 2.01. The second-order valence-corrected chi connectivity index (χ2v) is 9.88. The molecule has 1 heterocycles.